The molecule has 104 valence electrons. The van der Waals surface area contributed by atoms with Crippen molar-refractivity contribution < 1.29 is 5.11 Å². The Kier molecular flexibility index (Phi) is 3.62. The van der Waals surface area contributed by atoms with Gasteiger partial charge in [0.25, 0.3) is 0 Å². The van der Waals surface area contributed by atoms with Crippen molar-refractivity contribution >= 4 is 16.3 Å². The summed E-state index contributed by atoms with van der Waals surface area (Å²) in [5.41, 5.74) is 2.46. The van der Waals surface area contributed by atoms with Gasteiger partial charge in [-0.2, -0.15) is 0 Å². The molecule has 1 saturated carbocycles. The van der Waals surface area contributed by atoms with Gasteiger partial charge in [-0.3, -0.25) is 0 Å². The van der Waals surface area contributed by atoms with E-state index in [0.717, 1.165) is 24.8 Å². The highest BCUT2D eigenvalue weighted by Gasteiger charge is 2.33. The van der Waals surface area contributed by atoms with Crippen LogP contribution in [0.3, 0.4) is 0 Å². The highest BCUT2D eigenvalue weighted by molar-refractivity contribution is 5.86. The maximum atomic E-state index is 9.74. The number of aliphatic hydroxyl groups excluding tert-OH is 1. The Morgan fingerprint density at radius 1 is 1.05 bits per heavy atom. The molecule has 2 aromatic carbocycles. The molecule has 1 aliphatic carbocycles. The second-order valence-electron chi connectivity index (χ2n) is 6.21. The van der Waals surface area contributed by atoms with Crippen LogP contribution in [-0.4, -0.2) is 11.7 Å². The summed E-state index contributed by atoms with van der Waals surface area (Å²) < 4.78 is 0. The van der Waals surface area contributed by atoms with E-state index in [4.69, 9.17) is 0 Å². The van der Waals surface area contributed by atoms with E-state index < -0.39 is 0 Å². The molecule has 0 saturated heterocycles. The number of allylic oxidation sites excluding steroid dienone is 1. The van der Waals surface area contributed by atoms with E-state index in [9.17, 15) is 5.11 Å². The molecule has 1 heteroatoms. The molecule has 0 amide bonds. The van der Waals surface area contributed by atoms with Gasteiger partial charge in [-0.05, 0) is 52.7 Å². The van der Waals surface area contributed by atoms with Gasteiger partial charge >= 0.3 is 0 Å². The van der Waals surface area contributed by atoms with Crippen molar-refractivity contribution in [2.75, 3.05) is 6.61 Å². The van der Waals surface area contributed by atoms with Gasteiger partial charge in [-0.25, -0.2) is 0 Å². The van der Waals surface area contributed by atoms with Crippen molar-refractivity contribution in [1.29, 1.82) is 0 Å². The largest absolute Gasteiger partial charge is 0.396 e. The van der Waals surface area contributed by atoms with E-state index >= 15 is 0 Å². The van der Waals surface area contributed by atoms with Gasteiger partial charge in [0.1, 0.15) is 0 Å². The minimum atomic E-state index is 0.0860. The monoisotopic (exact) mass is 266 g/mol. The summed E-state index contributed by atoms with van der Waals surface area (Å²) in [7, 11) is 0. The fourth-order valence-electron chi connectivity index (χ4n) is 3.48. The SMILES string of the molecule is C=C(CC1(CO)CCCC1)c1ccc2ccccc2c1. The molecule has 0 atom stereocenters. The highest BCUT2D eigenvalue weighted by Crippen LogP contribution is 2.44. The topological polar surface area (TPSA) is 20.2 Å². The Labute approximate surface area is 120 Å². The predicted molar refractivity (Wildman–Crippen MR) is 85.6 cm³/mol. The maximum Gasteiger partial charge on any atom is 0.0490 e. The summed E-state index contributed by atoms with van der Waals surface area (Å²) in [4.78, 5) is 0. The van der Waals surface area contributed by atoms with Gasteiger partial charge in [0, 0.05) is 6.61 Å². The van der Waals surface area contributed by atoms with Crippen molar-refractivity contribution in [3.63, 3.8) is 0 Å². The van der Waals surface area contributed by atoms with Gasteiger partial charge in [-0.1, -0.05) is 55.8 Å². The van der Waals surface area contributed by atoms with Gasteiger partial charge in [0.2, 0.25) is 0 Å². The molecule has 0 spiro atoms. The first-order chi connectivity index (χ1) is 9.72. The second kappa shape index (κ2) is 5.41. The Balaban J connectivity index is 1.85. The number of hydrogen-bond donors (Lipinski definition) is 1. The minimum absolute atomic E-state index is 0.0860. The first-order valence-corrected chi connectivity index (χ1v) is 7.50. The normalized spacial score (nSPS) is 17.4. The van der Waals surface area contributed by atoms with E-state index in [0.29, 0.717) is 6.61 Å². The van der Waals surface area contributed by atoms with E-state index in [1.165, 1.54) is 29.2 Å². The van der Waals surface area contributed by atoms with Crippen LogP contribution in [0.4, 0.5) is 0 Å². The van der Waals surface area contributed by atoms with Crippen LogP contribution in [0.2, 0.25) is 0 Å². The zero-order valence-corrected chi connectivity index (χ0v) is 11.9. The molecule has 1 N–H and O–H groups in total. The van der Waals surface area contributed by atoms with E-state index in [1.807, 2.05) is 0 Å². The lowest BCUT2D eigenvalue weighted by molar-refractivity contribution is 0.135. The van der Waals surface area contributed by atoms with Crippen LogP contribution in [0.15, 0.2) is 49.0 Å². The van der Waals surface area contributed by atoms with Crippen molar-refractivity contribution in [2.45, 2.75) is 32.1 Å². The predicted octanol–water partition coefficient (Wildman–Crippen LogP) is 4.80. The first-order valence-electron chi connectivity index (χ1n) is 7.50. The lowest BCUT2D eigenvalue weighted by Gasteiger charge is -2.27. The fourth-order valence-corrected chi connectivity index (χ4v) is 3.48. The zero-order valence-electron chi connectivity index (χ0n) is 11.9. The molecule has 2 aromatic rings. The lowest BCUT2D eigenvalue weighted by atomic mass is 9.79. The zero-order chi connectivity index (χ0) is 14.0. The number of fused-ring (bicyclic) bond motifs is 1. The van der Waals surface area contributed by atoms with Crippen LogP contribution in [0.5, 0.6) is 0 Å². The third-order valence-corrected chi connectivity index (χ3v) is 4.75. The molecular formula is C19H22O. The number of aliphatic hydroxyl groups is 1. The van der Waals surface area contributed by atoms with Crippen LogP contribution >= 0.6 is 0 Å². The number of hydrogen-bond acceptors (Lipinski definition) is 1. The average molecular weight is 266 g/mol. The second-order valence-corrected chi connectivity index (χ2v) is 6.21. The van der Waals surface area contributed by atoms with Gasteiger partial charge < -0.3 is 5.11 Å². The lowest BCUT2D eigenvalue weighted by Crippen LogP contribution is -2.21. The molecular weight excluding hydrogens is 244 g/mol. The van der Waals surface area contributed by atoms with Gasteiger partial charge in [0.05, 0.1) is 0 Å². The summed E-state index contributed by atoms with van der Waals surface area (Å²) in [5.74, 6) is 0. The molecule has 1 fully saturated rings. The average Bonchev–Trinajstić information content (AvgIpc) is 2.96. The molecule has 0 radical (unpaired) electrons. The smallest absolute Gasteiger partial charge is 0.0490 e. The summed E-state index contributed by atoms with van der Waals surface area (Å²) in [5, 5.41) is 12.3. The van der Waals surface area contributed by atoms with Crippen LogP contribution in [0.25, 0.3) is 16.3 Å². The van der Waals surface area contributed by atoms with Crippen LogP contribution in [-0.2, 0) is 0 Å². The maximum absolute atomic E-state index is 9.74. The molecule has 1 nitrogen and oxygen atoms in total. The summed E-state index contributed by atoms with van der Waals surface area (Å²) in [6, 6.07) is 15.0. The summed E-state index contributed by atoms with van der Waals surface area (Å²) >= 11 is 0. The molecule has 0 aliphatic heterocycles. The van der Waals surface area contributed by atoms with Crippen molar-refractivity contribution in [3.8, 4) is 0 Å². The first kappa shape index (κ1) is 13.4. The van der Waals surface area contributed by atoms with E-state index in [1.54, 1.807) is 0 Å². The quantitative estimate of drug-likeness (QED) is 0.843. The Hall–Kier alpha value is -1.60. The number of rotatable bonds is 4. The number of benzene rings is 2. The van der Waals surface area contributed by atoms with Crippen LogP contribution < -0.4 is 0 Å². The van der Waals surface area contributed by atoms with Crippen molar-refractivity contribution in [1.82, 2.24) is 0 Å². The van der Waals surface area contributed by atoms with E-state index in [2.05, 4.69) is 49.0 Å². The summed E-state index contributed by atoms with van der Waals surface area (Å²) in [6.45, 7) is 4.57. The van der Waals surface area contributed by atoms with Gasteiger partial charge in [0.15, 0.2) is 0 Å². The minimum Gasteiger partial charge on any atom is -0.396 e. The van der Waals surface area contributed by atoms with Crippen LogP contribution in [0, 0.1) is 5.41 Å². The molecule has 3 rings (SSSR count). The molecule has 0 aromatic heterocycles. The van der Waals surface area contributed by atoms with Gasteiger partial charge in [-0.15, -0.1) is 0 Å². The van der Waals surface area contributed by atoms with Crippen LogP contribution in [0.1, 0.15) is 37.7 Å². The Morgan fingerprint density at radius 2 is 1.75 bits per heavy atom. The molecule has 0 heterocycles. The third kappa shape index (κ3) is 2.51. The molecule has 0 bridgehead atoms. The Bertz CT molecular complexity index is 620. The Morgan fingerprint density at radius 3 is 2.45 bits per heavy atom. The highest BCUT2D eigenvalue weighted by atomic mass is 16.3. The van der Waals surface area contributed by atoms with E-state index in [-0.39, 0.29) is 5.41 Å². The third-order valence-electron chi connectivity index (χ3n) is 4.75. The molecule has 1 aliphatic rings. The molecule has 0 unspecified atom stereocenters. The van der Waals surface area contributed by atoms with Crippen molar-refractivity contribution in [2.24, 2.45) is 5.41 Å². The fraction of sp³-hybridized carbons (Fsp3) is 0.368. The summed E-state index contributed by atoms with van der Waals surface area (Å²) in [6.07, 6.45) is 5.67. The molecule has 20 heavy (non-hydrogen) atoms. The standard InChI is InChI=1S/C19H22O/c1-15(13-19(14-20)10-4-5-11-19)17-9-8-16-6-2-3-7-18(16)12-17/h2-3,6-9,12,20H,1,4-5,10-11,13-14H2. The van der Waals surface area contributed by atoms with Crippen molar-refractivity contribution in [3.05, 3.63) is 54.6 Å².